The fourth-order valence-corrected chi connectivity index (χ4v) is 4.11. The van der Waals surface area contributed by atoms with E-state index in [0.717, 1.165) is 13.0 Å². The quantitative estimate of drug-likeness (QED) is 0.929. The Labute approximate surface area is 117 Å². The summed E-state index contributed by atoms with van der Waals surface area (Å²) in [5.41, 5.74) is 0. The van der Waals surface area contributed by atoms with E-state index in [2.05, 4.69) is 5.32 Å². The average Bonchev–Trinajstić information content (AvgIpc) is 2.80. The second kappa shape index (κ2) is 5.35. The molecule has 7 heteroatoms. The van der Waals surface area contributed by atoms with Crippen LogP contribution in [0, 0.1) is 0 Å². The molecular formula is C11H14Cl2N2O2S. The first kappa shape index (κ1) is 14.1. The molecule has 1 saturated heterocycles. The maximum absolute atomic E-state index is 12.4. The topological polar surface area (TPSA) is 49.4 Å². The number of hydrogen-bond acceptors (Lipinski definition) is 3. The molecule has 0 saturated carbocycles. The zero-order chi connectivity index (χ0) is 13.3. The lowest BCUT2D eigenvalue weighted by molar-refractivity contribution is 0.388. The number of benzene rings is 1. The highest BCUT2D eigenvalue weighted by atomic mass is 35.5. The molecule has 0 aliphatic carbocycles. The molecule has 0 aromatic heterocycles. The van der Waals surface area contributed by atoms with Gasteiger partial charge in [0.25, 0.3) is 0 Å². The molecule has 0 amide bonds. The molecule has 1 fully saturated rings. The van der Waals surface area contributed by atoms with E-state index in [0.29, 0.717) is 11.6 Å². The molecular weight excluding hydrogens is 295 g/mol. The van der Waals surface area contributed by atoms with Crippen LogP contribution in [0.5, 0.6) is 0 Å². The number of nitrogens with zero attached hydrogens (tertiary/aromatic N) is 1. The molecule has 0 bridgehead atoms. The highest BCUT2D eigenvalue weighted by Crippen LogP contribution is 2.28. The molecule has 1 heterocycles. The van der Waals surface area contributed by atoms with Crippen LogP contribution in [0.3, 0.4) is 0 Å². The van der Waals surface area contributed by atoms with Crippen LogP contribution in [-0.4, -0.2) is 38.9 Å². The third kappa shape index (κ3) is 2.65. The maximum atomic E-state index is 12.4. The molecule has 0 radical (unpaired) electrons. The van der Waals surface area contributed by atoms with E-state index in [-0.39, 0.29) is 16.0 Å². The lowest BCUT2D eigenvalue weighted by Gasteiger charge is -2.23. The Morgan fingerprint density at radius 1 is 1.39 bits per heavy atom. The van der Waals surface area contributed by atoms with Crippen LogP contribution in [0.4, 0.5) is 0 Å². The van der Waals surface area contributed by atoms with Crippen molar-refractivity contribution in [3.05, 3.63) is 28.2 Å². The van der Waals surface area contributed by atoms with E-state index in [9.17, 15) is 8.42 Å². The number of nitrogens with one attached hydrogen (secondary N) is 1. The van der Waals surface area contributed by atoms with Gasteiger partial charge in [0.2, 0.25) is 10.0 Å². The third-order valence-electron chi connectivity index (χ3n) is 3.10. The van der Waals surface area contributed by atoms with Crippen molar-refractivity contribution < 1.29 is 8.42 Å². The van der Waals surface area contributed by atoms with E-state index < -0.39 is 10.0 Å². The Morgan fingerprint density at radius 2 is 2.11 bits per heavy atom. The van der Waals surface area contributed by atoms with Crippen molar-refractivity contribution in [1.82, 2.24) is 9.62 Å². The van der Waals surface area contributed by atoms with Crippen molar-refractivity contribution in [2.24, 2.45) is 0 Å². The van der Waals surface area contributed by atoms with Gasteiger partial charge in [-0.25, -0.2) is 8.42 Å². The van der Waals surface area contributed by atoms with Crippen LogP contribution in [0.15, 0.2) is 23.1 Å². The molecule has 4 nitrogen and oxygen atoms in total. The second-order valence-electron chi connectivity index (χ2n) is 4.24. The van der Waals surface area contributed by atoms with E-state index in [1.54, 1.807) is 7.05 Å². The summed E-state index contributed by atoms with van der Waals surface area (Å²) in [7, 11) is -1.99. The first-order valence-electron chi connectivity index (χ1n) is 5.57. The van der Waals surface area contributed by atoms with Crippen LogP contribution < -0.4 is 5.32 Å². The van der Waals surface area contributed by atoms with Gasteiger partial charge in [-0.2, -0.15) is 4.31 Å². The highest BCUT2D eigenvalue weighted by molar-refractivity contribution is 7.89. The molecule has 1 aliphatic rings. The van der Waals surface area contributed by atoms with E-state index in [1.165, 1.54) is 22.5 Å². The first-order valence-corrected chi connectivity index (χ1v) is 7.76. The van der Waals surface area contributed by atoms with E-state index in [4.69, 9.17) is 23.2 Å². The van der Waals surface area contributed by atoms with Gasteiger partial charge in [0.05, 0.1) is 5.02 Å². The van der Waals surface area contributed by atoms with Gasteiger partial charge in [-0.05, 0) is 31.2 Å². The summed E-state index contributed by atoms with van der Waals surface area (Å²) >= 11 is 11.7. The van der Waals surface area contributed by atoms with Gasteiger partial charge >= 0.3 is 0 Å². The molecule has 0 spiro atoms. The van der Waals surface area contributed by atoms with Crippen molar-refractivity contribution in [2.45, 2.75) is 17.4 Å². The summed E-state index contributed by atoms with van der Waals surface area (Å²) in [4.78, 5) is 0.1000. The molecule has 1 aromatic rings. The molecule has 1 atom stereocenters. The van der Waals surface area contributed by atoms with Gasteiger partial charge in [-0.15, -0.1) is 0 Å². The summed E-state index contributed by atoms with van der Waals surface area (Å²) in [6.45, 7) is 1.50. The average molecular weight is 309 g/mol. The van der Waals surface area contributed by atoms with Crippen LogP contribution >= 0.6 is 23.2 Å². The highest BCUT2D eigenvalue weighted by Gasteiger charge is 2.31. The smallest absolute Gasteiger partial charge is 0.244 e. The van der Waals surface area contributed by atoms with Gasteiger partial charge < -0.3 is 5.32 Å². The second-order valence-corrected chi connectivity index (χ2v) is 7.05. The van der Waals surface area contributed by atoms with Crippen molar-refractivity contribution in [1.29, 1.82) is 0 Å². The van der Waals surface area contributed by atoms with Crippen LogP contribution in [0.25, 0.3) is 0 Å². The predicted octanol–water partition coefficient (Wildman–Crippen LogP) is 1.98. The van der Waals surface area contributed by atoms with Gasteiger partial charge in [0.1, 0.15) is 4.90 Å². The number of hydrogen-bond donors (Lipinski definition) is 1. The van der Waals surface area contributed by atoms with E-state index in [1.807, 2.05) is 0 Å². The summed E-state index contributed by atoms with van der Waals surface area (Å²) in [6.07, 6.45) is 0.806. The standard InChI is InChI=1S/C11H14Cl2N2O2S/c1-15(9-4-5-14-7-9)18(16,17)11-3-2-8(12)6-10(11)13/h2-3,6,9,14H,4-5,7H2,1H3. The van der Waals surface area contributed by atoms with Gasteiger partial charge in [-0.3, -0.25) is 0 Å². The molecule has 1 aliphatic heterocycles. The van der Waals surface area contributed by atoms with Crippen molar-refractivity contribution in [3.8, 4) is 0 Å². The first-order chi connectivity index (χ1) is 8.43. The van der Waals surface area contributed by atoms with Gasteiger partial charge in [-0.1, -0.05) is 23.2 Å². The van der Waals surface area contributed by atoms with Crippen molar-refractivity contribution in [3.63, 3.8) is 0 Å². The molecule has 2 rings (SSSR count). The summed E-state index contributed by atoms with van der Waals surface area (Å²) in [5, 5.41) is 3.71. The van der Waals surface area contributed by atoms with Gasteiger partial charge in [0, 0.05) is 24.7 Å². The summed E-state index contributed by atoms with van der Waals surface area (Å²) in [5.74, 6) is 0. The predicted molar refractivity (Wildman–Crippen MR) is 72.7 cm³/mol. The maximum Gasteiger partial charge on any atom is 0.244 e. The number of likely N-dealkylation sites (N-methyl/N-ethyl adjacent to an activating group) is 1. The Balaban J connectivity index is 2.35. The summed E-state index contributed by atoms with van der Waals surface area (Å²) < 4.78 is 26.2. The summed E-state index contributed by atoms with van der Waals surface area (Å²) in [6, 6.07) is 4.39. The Morgan fingerprint density at radius 3 is 2.67 bits per heavy atom. The Bertz CT molecular complexity index is 542. The molecule has 1 unspecified atom stereocenters. The fraction of sp³-hybridized carbons (Fsp3) is 0.455. The number of sulfonamides is 1. The minimum absolute atomic E-state index is 0.0262. The fourth-order valence-electron chi connectivity index (χ4n) is 1.99. The SMILES string of the molecule is CN(C1CCNC1)S(=O)(=O)c1ccc(Cl)cc1Cl. The Kier molecular flexibility index (Phi) is 4.18. The van der Waals surface area contributed by atoms with Crippen molar-refractivity contribution in [2.75, 3.05) is 20.1 Å². The largest absolute Gasteiger partial charge is 0.315 e. The molecule has 1 N–H and O–H groups in total. The molecule has 1 aromatic carbocycles. The van der Waals surface area contributed by atoms with Crippen LogP contribution in [0.2, 0.25) is 10.0 Å². The monoisotopic (exact) mass is 308 g/mol. The van der Waals surface area contributed by atoms with Gasteiger partial charge in [0.15, 0.2) is 0 Å². The number of halogens is 2. The molecule has 18 heavy (non-hydrogen) atoms. The van der Waals surface area contributed by atoms with Crippen LogP contribution in [0.1, 0.15) is 6.42 Å². The third-order valence-corrected chi connectivity index (χ3v) is 5.73. The van der Waals surface area contributed by atoms with Crippen LogP contribution in [-0.2, 0) is 10.0 Å². The van der Waals surface area contributed by atoms with Crippen molar-refractivity contribution >= 4 is 33.2 Å². The lowest BCUT2D eigenvalue weighted by Crippen LogP contribution is -2.38. The lowest BCUT2D eigenvalue weighted by atomic mass is 10.3. The zero-order valence-electron chi connectivity index (χ0n) is 9.86. The number of rotatable bonds is 3. The minimum atomic E-state index is -3.57. The molecule has 100 valence electrons. The minimum Gasteiger partial charge on any atom is -0.315 e. The Hall–Kier alpha value is -0.330. The zero-order valence-corrected chi connectivity index (χ0v) is 12.2. The normalized spacial score (nSPS) is 20.6. The van der Waals surface area contributed by atoms with E-state index >= 15 is 0 Å².